The van der Waals surface area contributed by atoms with Gasteiger partial charge in [-0.05, 0) is 136 Å². The van der Waals surface area contributed by atoms with Crippen LogP contribution in [0.15, 0.2) is 194 Å². The highest BCUT2D eigenvalue weighted by Gasteiger charge is 2.32. The molecule has 0 radical (unpaired) electrons. The first-order valence-electron chi connectivity index (χ1n) is 20.2. The summed E-state index contributed by atoms with van der Waals surface area (Å²) in [6, 6.07) is 65.2. The van der Waals surface area contributed by atoms with Gasteiger partial charge in [-0.1, -0.05) is 84.9 Å². The van der Waals surface area contributed by atoms with E-state index in [0.717, 1.165) is 45.4 Å². The molecule has 1 aliphatic rings. The Morgan fingerprint density at radius 1 is 0.443 bits per heavy atom. The van der Waals surface area contributed by atoms with Gasteiger partial charge in [0.25, 0.3) is 0 Å². The van der Waals surface area contributed by atoms with Gasteiger partial charge in [0, 0.05) is 45.1 Å². The summed E-state index contributed by atoms with van der Waals surface area (Å²) in [6.45, 7) is 0. The molecule has 9 aromatic carbocycles. The first kappa shape index (κ1) is 35.8. The van der Waals surface area contributed by atoms with E-state index in [1.807, 2.05) is 97.1 Å². The lowest BCUT2D eigenvalue weighted by Gasteiger charge is -2.31. The summed E-state index contributed by atoms with van der Waals surface area (Å²) in [6.07, 6.45) is 0. The number of anilines is 2. The Balaban J connectivity index is 0.985. The quantitative estimate of drug-likeness (QED) is 0.132. The topological polar surface area (TPSA) is 108 Å². The minimum Gasteiger partial charge on any atom is -0.457 e. The van der Waals surface area contributed by atoms with Gasteiger partial charge in [0.15, 0.2) is 0 Å². The summed E-state index contributed by atoms with van der Waals surface area (Å²) >= 11 is 0. The third-order valence-electron chi connectivity index (χ3n) is 11.4. The number of ether oxygens (including phenoxy) is 3. The Bertz CT molecular complexity index is 3020. The molecule has 0 unspecified atom stereocenters. The molecule has 5 N–H and O–H groups in total. The van der Waals surface area contributed by atoms with Crippen molar-refractivity contribution < 1.29 is 14.2 Å². The Morgan fingerprint density at radius 3 is 1.39 bits per heavy atom. The fraction of sp³-hybridized carbons (Fsp3) is 0.0185. The SMILES string of the molecule is Nc1ccc(Oc2ccc(-c3nc(-c4ccc(C5c6c(ccc7ccccc67)Oc6ccc7ccccc7c65)cc4)[nH]c3-c3ccc(Oc4ccc(N)cc4)cc3)cc2)cc1. The lowest BCUT2D eigenvalue weighted by Crippen LogP contribution is -2.13. The molecule has 0 saturated carbocycles. The molecule has 11 rings (SSSR count). The third-order valence-corrected chi connectivity index (χ3v) is 11.4. The second-order valence-electron chi connectivity index (χ2n) is 15.3. The molecule has 0 bridgehead atoms. The highest BCUT2D eigenvalue weighted by molar-refractivity contribution is 5.95. The second-order valence-corrected chi connectivity index (χ2v) is 15.3. The number of benzene rings is 9. The van der Waals surface area contributed by atoms with Crippen molar-refractivity contribution in [2.75, 3.05) is 11.5 Å². The molecule has 0 saturated heterocycles. The number of hydrogen-bond acceptors (Lipinski definition) is 6. The first-order valence-corrected chi connectivity index (χ1v) is 20.2. The number of hydrogen-bond donors (Lipinski definition) is 3. The molecule has 0 spiro atoms. The van der Waals surface area contributed by atoms with Crippen LogP contribution in [0.2, 0.25) is 0 Å². The van der Waals surface area contributed by atoms with Gasteiger partial charge in [-0.3, -0.25) is 0 Å². The molecule has 1 aliphatic heterocycles. The van der Waals surface area contributed by atoms with Gasteiger partial charge in [0.2, 0.25) is 0 Å². The van der Waals surface area contributed by atoms with Gasteiger partial charge < -0.3 is 30.7 Å². The first-order chi connectivity index (χ1) is 30.0. The molecule has 292 valence electrons. The molecule has 61 heavy (non-hydrogen) atoms. The number of H-pyrrole nitrogens is 1. The molecule has 10 aromatic rings. The highest BCUT2D eigenvalue weighted by Crippen LogP contribution is 2.52. The molecule has 0 atom stereocenters. The smallest absolute Gasteiger partial charge is 0.138 e. The normalized spacial score (nSPS) is 12.1. The molecule has 1 aromatic heterocycles. The van der Waals surface area contributed by atoms with Crippen molar-refractivity contribution in [1.29, 1.82) is 0 Å². The maximum Gasteiger partial charge on any atom is 0.138 e. The van der Waals surface area contributed by atoms with Crippen molar-refractivity contribution in [1.82, 2.24) is 9.97 Å². The highest BCUT2D eigenvalue weighted by atomic mass is 16.5. The lowest BCUT2D eigenvalue weighted by atomic mass is 9.78. The van der Waals surface area contributed by atoms with Crippen LogP contribution in [-0.2, 0) is 0 Å². The van der Waals surface area contributed by atoms with E-state index in [1.54, 1.807) is 0 Å². The van der Waals surface area contributed by atoms with Crippen molar-refractivity contribution >= 4 is 32.9 Å². The van der Waals surface area contributed by atoms with Gasteiger partial charge in [-0.15, -0.1) is 0 Å². The monoisotopic (exact) mass is 790 g/mol. The zero-order valence-electron chi connectivity index (χ0n) is 32.9. The molecular weight excluding hydrogens is 753 g/mol. The average molecular weight is 791 g/mol. The average Bonchev–Trinajstić information content (AvgIpc) is 3.76. The summed E-state index contributed by atoms with van der Waals surface area (Å²) in [5.74, 6) is 5.30. The molecule has 7 heteroatoms. The zero-order valence-corrected chi connectivity index (χ0v) is 32.9. The number of nitrogens with one attached hydrogen (secondary N) is 1. The fourth-order valence-electron chi connectivity index (χ4n) is 8.40. The second kappa shape index (κ2) is 14.8. The molecule has 0 amide bonds. The van der Waals surface area contributed by atoms with E-state index in [1.165, 1.54) is 38.2 Å². The molecule has 2 heterocycles. The van der Waals surface area contributed by atoms with Crippen molar-refractivity contribution in [3.8, 4) is 68.4 Å². The van der Waals surface area contributed by atoms with Gasteiger partial charge >= 0.3 is 0 Å². The minimum absolute atomic E-state index is 0.0596. The Morgan fingerprint density at radius 2 is 0.885 bits per heavy atom. The van der Waals surface area contributed by atoms with Crippen LogP contribution < -0.4 is 25.7 Å². The Kier molecular flexibility index (Phi) is 8.71. The van der Waals surface area contributed by atoms with Crippen LogP contribution in [-0.4, -0.2) is 9.97 Å². The molecular formula is C54H38N4O3. The van der Waals surface area contributed by atoms with Crippen molar-refractivity contribution in [3.63, 3.8) is 0 Å². The number of imidazole rings is 1. The zero-order chi connectivity index (χ0) is 40.9. The van der Waals surface area contributed by atoms with Crippen LogP contribution in [0, 0.1) is 0 Å². The van der Waals surface area contributed by atoms with E-state index in [2.05, 4.69) is 102 Å². The summed E-state index contributed by atoms with van der Waals surface area (Å²) in [5, 5.41) is 4.73. The van der Waals surface area contributed by atoms with E-state index < -0.39 is 0 Å². The number of rotatable bonds is 8. The predicted octanol–water partition coefficient (Wildman–Crippen LogP) is 13.8. The maximum absolute atomic E-state index is 6.68. The maximum atomic E-state index is 6.68. The van der Waals surface area contributed by atoms with Crippen LogP contribution in [0.4, 0.5) is 11.4 Å². The van der Waals surface area contributed by atoms with Crippen molar-refractivity contribution in [2.45, 2.75) is 5.92 Å². The molecule has 0 aliphatic carbocycles. The standard InChI is InChI=1S/C54H38N4O3/c55-39-19-27-43(28-20-39)59-41-23-13-36(14-24-41)52-53(37-15-25-42(26-16-37)60-44-29-21-40(56)22-30-44)58-54(57-52)38-11-9-35(10-12-38)49-50-45-7-3-1-5-33(45)17-31-47(50)61-48-32-18-34-6-2-4-8-46(34)51(48)49/h1-32,49H,55-56H2,(H,57,58). The fourth-order valence-corrected chi connectivity index (χ4v) is 8.40. The summed E-state index contributed by atoms with van der Waals surface area (Å²) in [4.78, 5) is 8.97. The third kappa shape index (κ3) is 6.74. The Hall–Kier alpha value is -8.29. The minimum atomic E-state index is -0.0596. The van der Waals surface area contributed by atoms with E-state index in [4.69, 9.17) is 30.7 Å². The Labute approximate surface area is 352 Å². The van der Waals surface area contributed by atoms with E-state index in [0.29, 0.717) is 34.4 Å². The van der Waals surface area contributed by atoms with Crippen LogP contribution in [0.1, 0.15) is 22.6 Å². The van der Waals surface area contributed by atoms with Gasteiger partial charge in [-0.2, -0.15) is 0 Å². The van der Waals surface area contributed by atoms with E-state index >= 15 is 0 Å². The van der Waals surface area contributed by atoms with Crippen LogP contribution in [0.25, 0.3) is 55.4 Å². The van der Waals surface area contributed by atoms with Crippen LogP contribution in [0.3, 0.4) is 0 Å². The molecule has 7 nitrogen and oxygen atoms in total. The van der Waals surface area contributed by atoms with Crippen LogP contribution >= 0.6 is 0 Å². The predicted molar refractivity (Wildman–Crippen MR) is 246 cm³/mol. The molecule has 0 fully saturated rings. The lowest BCUT2D eigenvalue weighted by molar-refractivity contribution is 0.456. The van der Waals surface area contributed by atoms with Gasteiger partial charge in [0.1, 0.15) is 40.3 Å². The summed E-state index contributed by atoms with van der Waals surface area (Å²) in [7, 11) is 0. The summed E-state index contributed by atoms with van der Waals surface area (Å²) < 4.78 is 18.9. The number of nitrogen functional groups attached to an aromatic ring is 2. The van der Waals surface area contributed by atoms with Crippen molar-refractivity contribution in [3.05, 3.63) is 211 Å². The van der Waals surface area contributed by atoms with Gasteiger partial charge in [0.05, 0.1) is 11.4 Å². The van der Waals surface area contributed by atoms with E-state index in [9.17, 15) is 0 Å². The largest absolute Gasteiger partial charge is 0.457 e. The number of aromatic nitrogens is 2. The van der Waals surface area contributed by atoms with E-state index in [-0.39, 0.29) is 5.92 Å². The number of aromatic amines is 1. The van der Waals surface area contributed by atoms with Crippen LogP contribution in [0.5, 0.6) is 34.5 Å². The van der Waals surface area contributed by atoms with Gasteiger partial charge in [-0.25, -0.2) is 4.98 Å². The van der Waals surface area contributed by atoms with Crippen molar-refractivity contribution in [2.24, 2.45) is 0 Å². The summed E-state index contributed by atoms with van der Waals surface area (Å²) in [5.41, 5.74) is 21.2. The number of fused-ring (bicyclic) bond motifs is 6. The number of nitrogens with two attached hydrogens (primary N) is 2. The number of nitrogens with zero attached hydrogens (tertiary/aromatic N) is 1.